The van der Waals surface area contributed by atoms with Crippen LogP contribution >= 0.6 is 22.7 Å². The number of carbonyl (C=O) groups excluding carboxylic acids is 2. The fourth-order valence-corrected chi connectivity index (χ4v) is 5.45. The van der Waals surface area contributed by atoms with Gasteiger partial charge in [0.2, 0.25) is 0 Å². The Kier molecular flexibility index (Phi) is 5.86. The van der Waals surface area contributed by atoms with E-state index in [4.69, 9.17) is 5.73 Å². The number of aryl methyl sites for hydroxylation is 1. The summed E-state index contributed by atoms with van der Waals surface area (Å²) < 4.78 is 1.80. The molecule has 4 aromatic rings. The van der Waals surface area contributed by atoms with Crippen LogP contribution in [0.3, 0.4) is 0 Å². The number of hydrogen-bond acceptors (Lipinski definition) is 7. The van der Waals surface area contributed by atoms with E-state index in [1.165, 1.54) is 22.7 Å². The molecular weight excluding hydrogens is 456 g/mol. The first-order chi connectivity index (χ1) is 16.0. The van der Waals surface area contributed by atoms with Gasteiger partial charge in [-0.2, -0.15) is 0 Å². The quantitative estimate of drug-likeness (QED) is 0.400. The van der Waals surface area contributed by atoms with Crippen LogP contribution < -0.4 is 11.1 Å². The summed E-state index contributed by atoms with van der Waals surface area (Å²) in [6.07, 6.45) is 4.08. The number of nitrogens with zero attached hydrogens (tertiary/aromatic N) is 4. The topological polar surface area (TPSA) is 106 Å². The second-order valence-corrected chi connectivity index (χ2v) is 10.1. The molecule has 1 fully saturated rings. The number of amides is 2. The summed E-state index contributed by atoms with van der Waals surface area (Å²) in [5, 5.41) is 5.23. The summed E-state index contributed by atoms with van der Waals surface area (Å²) in [6.45, 7) is 3.22. The molecule has 10 heteroatoms. The maximum atomic E-state index is 13.5. The Morgan fingerprint density at radius 2 is 2.03 bits per heavy atom. The zero-order chi connectivity index (χ0) is 22.9. The number of anilines is 1. The molecule has 2 amide bonds. The van der Waals surface area contributed by atoms with Crippen molar-refractivity contribution in [2.45, 2.75) is 19.8 Å². The molecule has 0 bridgehead atoms. The van der Waals surface area contributed by atoms with Crippen molar-refractivity contribution in [3.05, 3.63) is 59.0 Å². The first-order valence-corrected chi connectivity index (χ1v) is 12.5. The summed E-state index contributed by atoms with van der Waals surface area (Å²) in [6, 6.07) is 9.70. The zero-order valence-corrected chi connectivity index (χ0v) is 19.8. The van der Waals surface area contributed by atoms with Gasteiger partial charge in [-0.15, -0.1) is 11.3 Å². The molecule has 1 saturated carbocycles. The summed E-state index contributed by atoms with van der Waals surface area (Å²) in [7, 11) is 0. The van der Waals surface area contributed by atoms with E-state index in [-0.39, 0.29) is 11.8 Å². The number of carbonyl (C=O) groups is 2. The highest BCUT2D eigenvalue weighted by molar-refractivity contribution is 7.19. The second-order valence-electron chi connectivity index (χ2n) is 8.15. The lowest BCUT2D eigenvalue weighted by atomic mass is 10.1. The number of nitrogens with one attached hydrogen (secondary N) is 1. The Hall–Kier alpha value is -3.24. The molecule has 1 aliphatic carbocycles. The lowest BCUT2D eigenvalue weighted by Gasteiger charge is -2.22. The van der Waals surface area contributed by atoms with E-state index in [0.29, 0.717) is 47.8 Å². The van der Waals surface area contributed by atoms with E-state index in [1.807, 2.05) is 48.8 Å². The minimum Gasteiger partial charge on any atom is -0.375 e. The zero-order valence-electron chi connectivity index (χ0n) is 18.2. The number of rotatable bonds is 8. The maximum absolute atomic E-state index is 13.5. The second kappa shape index (κ2) is 8.95. The Morgan fingerprint density at radius 1 is 1.24 bits per heavy atom. The van der Waals surface area contributed by atoms with Gasteiger partial charge in [-0.1, -0.05) is 41.7 Å². The highest BCUT2D eigenvalue weighted by Gasteiger charge is 2.30. The molecule has 33 heavy (non-hydrogen) atoms. The minimum absolute atomic E-state index is 0.149. The number of hydrogen-bond donors (Lipinski definition) is 2. The van der Waals surface area contributed by atoms with E-state index in [0.717, 1.165) is 28.2 Å². The number of benzene rings is 1. The standard InChI is InChI=1S/C23H24N6O2S2/c1-14-18(29-11-12-32-23(29)26-14)20(30)25-9-10-28(13-15-7-8-15)21(31)17-19(33-22(24)27-17)16-5-3-2-4-6-16/h2-6,11-12,15H,7-10,13H2,1H3,(H2,24,27)(H,25,30). The molecule has 3 heterocycles. The van der Waals surface area contributed by atoms with Crippen molar-refractivity contribution >= 4 is 44.6 Å². The third-order valence-corrected chi connectivity index (χ3v) is 7.35. The number of fused-ring (bicyclic) bond motifs is 1. The Morgan fingerprint density at radius 3 is 2.79 bits per heavy atom. The molecule has 0 saturated heterocycles. The van der Waals surface area contributed by atoms with E-state index in [9.17, 15) is 9.59 Å². The number of nitrogen functional groups attached to an aromatic ring is 1. The van der Waals surface area contributed by atoms with Crippen molar-refractivity contribution < 1.29 is 9.59 Å². The van der Waals surface area contributed by atoms with Crippen LogP contribution in [0.4, 0.5) is 5.13 Å². The molecule has 0 spiro atoms. The van der Waals surface area contributed by atoms with Gasteiger partial charge >= 0.3 is 0 Å². The van der Waals surface area contributed by atoms with Gasteiger partial charge in [0.25, 0.3) is 11.8 Å². The largest absolute Gasteiger partial charge is 0.375 e. The molecule has 5 rings (SSSR count). The molecule has 8 nitrogen and oxygen atoms in total. The lowest BCUT2D eigenvalue weighted by Crippen LogP contribution is -2.40. The molecular formula is C23H24N6O2S2. The highest BCUT2D eigenvalue weighted by atomic mass is 32.1. The average Bonchev–Trinajstić information content (AvgIpc) is 3.22. The molecule has 0 radical (unpaired) electrons. The number of thiazole rings is 2. The van der Waals surface area contributed by atoms with Crippen molar-refractivity contribution in [1.82, 2.24) is 24.6 Å². The van der Waals surface area contributed by atoms with Gasteiger partial charge in [0.15, 0.2) is 10.1 Å². The van der Waals surface area contributed by atoms with Gasteiger partial charge in [0.05, 0.1) is 10.6 Å². The molecule has 0 aliphatic heterocycles. The van der Waals surface area contributed by atoms with E-state index in [2.05, 4.69) is 15.3 Å². The van der Waals surface area contributed by atoms with Crippen LogP contribution in [-0.2, 0) is 0 Å². The molecule has 1 aliphatic rings. The predicted octanol–water partition coefficient (Wildman–Crippen LogP) is 3.69. The van der Waals surface area contributed by atoms with Gasteiger partial charge in [-0.05, 0) is 31.2 Å². The fraction of sp³-hybridized carbons (Fsp3) is 0.304. The van der Waals surface area contributed by atoms with Crippen molar-refractivity contribution in [3.63, 3.8) is 0 Å². The van der Waals surface area contributed by atoms with Crippen molar-refractivity contribution in [2.75, 3.05) is 25.4 Å². The summed E-state index contributed by atoms with van der Waals surface area (Å²) >= 11 is 2.81. The fourth-order valence-electron chi connectivity index (χ4n) is 3.86. The number of nitrogens with two attached hydrogens (primary N) is 1. The van der Waals surface area contributed by atoms with Crippen LogP contribution in [-0.4, -0.2) is 50.7 Å². The first-order valence-electron chi connectivity index (χ1n) is 10.8. The average molecular weight is 481 g/mol. The van der Waals surface area contributed by atoms with E-state index in [1.54, 1.807) is 9.30 Å². The molecule has 0 atom stereocenters. The van der Waals surface area contributed by atoms with Gasteiger partial charge in [-0.3, -0.25) is 14.0 Å². The maximum Gasteiger partial charge on any atom is 0.274 e. The molecule has 0 unspecified atom stereocenters. The van der Waals surface area contributed by atoms with Crippen LogP contribution in [0.25, 0.3) is 15.4 Å². The van der Waals surface area contributed by atoms with Crippen molar-refractivity contribution in [1.29, 1.82) is 0 Å². The third kappa shape index (κ3) is 4.49. The summed E-state index contributed by atoms with van der Waals surface area (Å²) in [4.78, 5) is 38.5. The Labute approximate surface area is 199 Å². The Bertz CT molecular complexity index is 1310. The predicted molar refractivity (Wildman–Crippen MR) is 131 cm³/mol. The van der Waals surface area contributed by atoms with Gasteiger partial charge in [0.1, 0.15) is 11.4 Å². The minimum atomic E-state index is -0.194. The van der Waals surface area contributed by atoms with E-state index >= 15 is 0 Å². The number of aromatic nitrogens is 3. The monoisotopic (exact) mass is 480 g/mol. The van der Waals surface area contributed by atoms with Crippen LogP contribution in [0.1, 0.15) is 39.5 Å². The molecule has 1 aromatic carbocycles. The smallest absolute Gasteiger partial charge is 0.274 e. The molecule has 170 valence electrons. The Balaban J connectivity index is 1.31. The van der Waals surface area contributed by atoms with Gasteiger partial charge < -0.3 is 16.0 Å². The van der Waals surface area contributed by atoms with Crippen LogP contribution in [0.15, 0.2) is 41.9 Å². The van der Waals surface area contributed by atoms with E-state index < -0.39 is 0 Å². The van der Waals surface area contributed by atoms with Crippen molar-refractivity contribution in [2.24, 2.45) is 5.92 Å². The van der Waals surface area contributed by atoms with Gasteiger partial charge in [0, 0.05) is 31.2 Å². The molecule has 3 aromatic heterocycles. The SMILES string of the molecule is Cc1nc2sccn2c1C(=O)NCCN(CC1CC1)C(=O)c1nc(N)sc1-c1ccccc1. The third-order valence-electron chi connectivity index (χ3n) is 5.66. The normalized spacial score (nSPS) is 13.4. The van der Waals surface area contributed by atoms with Gasteiger partial charge in [-0.25, -0.2) is 9.97 Å². The van der Waals surface area contributed by atoms with Crippen LogP contribution in [0.2, 0.25) is 0 Å². The first kappa shape index (κ1) is 21.6. The van der Waals surface area contributed by atoms with Crippen molar-refractivity contribution in [3.8, 4) is 10.4 Å². The molecule has 3 N–H and O–H groups in total. The number of imidazole rings is 1. The highest BCUT2D eigenvalue weighted by Crippen LogP contribution is 2.34. The summed E-state index contributed by atoms with van der Waals surface area (Å²) in [5.74, 6) is 0.159. The lowest BCUT2D eigenvalue weighted by molar-refractivity contribution is 0.0736. The summed E-state index contributed by atoms with van der Waals surface area (Å²) in [5.41, 5.74) is 8.51. The van der Waals surface area contributed by atoms with Crippen LogP contribution in [0.5, 0.6) is 0 Å². The van der Waals surface area contributed by atoms with Crippen LogP contribution in [0, 0.1) is 12.8 Å².